The smallest absolute Gasteiger partial charge is 0.282 e. The number of amides is 1. The van der Waals surface area contributed by atoms with Gasteiger partial charge in [-0.3, -0.25) is 14.9 Å². The van der Waals surface area contributed by atoms with Crippen molar-refractivity contribution in [1.82, 2.24) is 4.90 Å². The fourth-order valence-corrected chi connectivity index (χ4v) is 3.54. The lowest BCUT2D eigenvalue weighted by atomic mass is 9.89. The predicted octanol–water partition coefficient (Wildman–Crippen LogP) is 3.06. The van der Waals surface area contributed by atoms with Crippen molar-refractivity contribution in [2.45, 2.75) is 5.92 Å². The van der Waals surface area contributed by atoms with Gasteiger partial charge in [-0.25, -0.2) is 0 Å². The Morgan fingerprint density at radius 1 is 1.24 bits per heavy atom. The number of carbonyl (C=O) groups excluding carboxylic acids is 1. The van der Waals surface area contributed by atoms with Crippen LogP contribution < -0.4 is 5.73 Å². The van der Waals surface area contributed by atoms with Crippen molar-refractivity contribution >= 4 is 23.2 Å². The molecule has 7 heteroatoms. The van der Waals surface area contributed by atoms with Gasteiger partial charge in [0.05, 0.1) is 4.92 Å². The molecule has 1 heterocycles. The molecule has 0 unspecified atom stereocenters. The fraction of sp³-hybridized carbons (Fsp3) is 0.278. The molecule has 1 aliphatic rings. The maximum atomic E-state index is 12.9. The fourth-order valence-electron chi connectivity index (χ4n) is 3.36. The maximum absolute atomic E-state index is 12.9. The number of likely N-dealkylation sites (tertiary alicyclic amines) is 1. The Kier molecular flexibility index (Phi) is 5.01. The molecular weight excluding hydrogens is 342 g/mol. The largest absolute Gasteiger partial charge is 0.337 e. The van der Waals surface area contributed by atoms with Crippen LogP contribution in [-0.2, 0) is 0 Å². The van der Waals surface area contributed by atoms with E-state index in [-0.39, 0.29) is 29.0 Å². The molecule has 0 spiro atoms. The number of benzene rings is 2. The van der Waals surface area contributed by atoms with Crippen molar-refractivity contribution < 1.29 is 9.72 Å². The highest BCUT2D eigenvalue weighted by Crippen LogP contribution is 2.34. The number of halogens is 1. The summed E-state index contributed by atoms with van der Waals surface area (Å²) >= 11 is 5.94. The van der Waals surface area contributed by atoms with Crippen LogP contribution in [0.5, 0.6) is 0 Å². The number of nitro groups is 1. The van der Waals surface area contributed by atoms with E-state index in [4.69, 9.17) is 17.3 Å². The van der Waals surface area contributed by atoms with Crippen LogP contribution in [0.4, 0.5) is 5.69 Å². The average molecular weight is 360 g/mol. The molecule has 25 heavy (non-hydrogen) atoms. The van der Waals surface area contributed by atoms with Gasteiger partial charge in [0, 0.05) is 30.1 Å². The summed E-state index contributed by atoms with van der Waals surface area (Å²) in [7, 11) is 0. The van der Waals surface area contributed by atoms with Gasteiger partial charge in [0.15, 0.2) is 0 Å². The molecule has 1 amide bonds. The standard InChI is InChI=1S/C18H18ClN3O3/c19-14-6-7-17(22(24)25)15(8-14)18(23)21-10-13(9-20)16(11-21)12-4-2-1-3-5-12/h1-8,13,16H,9-11,20H2/t13-,16+/m1/s1. The van der Waals surface area contributed by atoms with Crippen LogP contribution in [-0.4, -0.2) is 35.4 Å². The zero-order valence-electron chi connectivity index (χ0n) is 13.5. The molecule has 1 aliphatic heterocycles. The van der Waals surface area contributed by atoms with Crippen LogP contribution in [0.25, 0.3) is 0 Å². The topological polar surface area (TPSA) is 89.5 Å². The number of carbonyl (C=O) groups is 1. The van der Waals surface area contributed by atoms with Crippen LogP contribution >= 0.6 is 11.6 Å². The highest BCUT2D eigenvalue weighted by Gasteiger charge is 2.37. The lowest BCUT2D eigenvalue weighted by Crippen LogP contribution is -2.30. The van der Waals surface area contributed by atoms with Gasteiger partial charge in [0.2, 0.25) is 0 Å². The number of hydrogen-bond acceptors (Lipinski definition) is 4. The zero-order chi connectivity index (χ0) is 18.0. The molecule has 2 aromatic carbocycles. The average Bonchev–Trinajstić information content (AvgIpc) is 3.06. The van der Waals surface area contributed by atoms with E-state index in [0.29, 0.717) is 24.7 Å². The van der Waals surface area contributed by atoms with E-state index in [9.17, 15) is 14.9 Å². The van der Waals surface area contributed by atoms with Crippen molar-refractivity contribution in [3.63, 3.8) is 0 Å². The minimum absolute atomic E-state index is 0.0157. The summed E-state index contributed by atoms with van der Waals surface area (Å²) in [6.07, 6.45) is 0. The molecule has 0 aromatic heterocycles. The van der Waals surface area contributed by atoms with Gasteiger partial charge >= 0.3 is 0 Å². The summed E-state index contributed by atoms with van der Waals surface area (Å²) in [6, 6.07) is 13.9. The summed E-state index contributed by atoms with van der Waals surface area (Å²) in [5.74, 6) is -0.149. The molecule has 2 N–H and O–H groups in total. The number of rotatable bonds is 4. The maximum Gasteiger partial charge on any atom is 0.282 e. The number of hydrogen-bond donors (Lipinski definition) is 1. The predicted molar refractivity (Wildman–Crippen MR) is 95.7 cm³/mol. The molecule has 130 valence electrons. The third-order valence-corrected chi connectivity index (χ3v) is 4.88. The Bertz CT molecular complexity index is 797. The van der Waals surface area contributed by atoms with E-state index >= 15 is 0 Å². The van der Waals surface area contributed by atoms with E-state index in [1.165, 1.54) is 18.2 Å². The van der Waals surface area contributed by atoms with Crippen molar-refractivity contribution in [2.75, 3.05) is 19.6 Å². The second-order valence-corrected chi connectivity index (χ2v) is 6.58. The third kappa shape index (κ3) is 3.50. The summed E-state index contributed by atoms with van der Waals surface area (Å²) in [5.41, 5.74) is 6.80. The monoisotopic (exact) mass is 359 g/mol. The molecule has 0 aliphatic carbocycles. The molecule has 2 aromatic rings. The van der Waals surface area contributed by atoms with Gasteiger partial charge in [-0.05, 0) is 30.2 Å². The lowest BCUT2D eigenvalue weighted by Gasteiger charge is -2.17. The van der Waals surface area contributed by atoms with Gasteiger partial charge in [-0.1, -0.05) is 41.9 Å². The van der Waals surface area contributed by atoms with E-state index in [2.05, 4.69) is 0 Å². The highest BCUT2D eigenvalue weighted by molar-refractivity contribution is 6.31. The van der Waals surface area contributed by atoms with Crippen LogP contribution in [0.15, 0.2) is 48.5 Å². The lowest BCUT2D eigenvalue weighted by molar-refractivity contribution is -0.385. The molecule has 1 fully saturated rings. The Balaban J connectivity index is 1.89. The second-order valence-electron chi connectivity index (χ2n) is 6.14. The second kappa shape index (κ2) is 7.21. The van der Waals surface area contributed by atoms with Crippen molar-refractivity contribution in [3.8, 4) is 0 Å². The van der Waals surface area contributed by atoms with Gasteiger partial charge in [-0.2, -0.15) is 0 Å². The first-order chi connectivity index (χ1) is 12.0. The molecule has 1 saturated heterocycles. The van der Waals surface area contributed by atoms with Crippen LogP contribution in [0.3, 0.4) is 0 Å². The number of nitro benzene ring substituents is 1. The van der Waals surface area contributed by atoms with Crippen LogP contribution in [0.1, 0.15) is 21.8 Å². The van der Waals surface area contributed by atoms with Gasteiger partial charge in [0.1, 0.15) is 5.56 Å². The minimum atomic E-state index is -0.561. The molecule has 6 nitrogen and oxygen atoms in total. The summed E-state index contributed by atoms with van der Waals surface area (Å²) in [6.45, 7) is 1.40. The Morgan fingerprint density at radius 2 is 1.96 bits per heavy atom. The van der Waals surface area contributed by atoms with E-state index in [1.54, 1.807) is 4.90 Å². The highest BCUT2D eigenvalue weighted by atomic mass is 35.5. The van der Waals surface area contributed by atoms with Crippen LogP contribution in [0.2, 0.25) is 5.02 Å². The molecule has 0 saturated carbocycles. The summed E-state index contributed by atoms with van der Waals surface area (Å²) in [5, 5.41) is 11.5. The number of nitrogens with two attached hydrogens (primary N) is 1. The number of nitrogens with zero attached hydrogens (tertiary/aromatic N) is 2. The van der Waals surface area contributed by atoms with E-state index in [1.807, 2.05) is 30.3 Å². The van der Waals surface area contributed by atoms with E-state index in [0.717, 1.165) is 5.56 Å². The molecule has 0 radical (unpaired) electrons. The molecular formula is C18H18ClN3O3. The Morgan fingerprint density at radius 3 is 2.60 bits per heavy atom. The van der Waals surface area contributed by atoms with Crippen molar-refractivity contribution in [1.29, 1.82) is 0 Å². The third-order valence-electron chi connectivity index (χ3n) is 4.64. The minimum Gasteiger partial charge on any atom is -0.337 e. The summed E-state index contributed by atoms with van der Waals surface area (Å²) in [4.78, 5) is 25.2. The van der Waals surface area contributed by atoms with Crippen molar-refractivity contribution in [3.05, 3.63) is 74.8 Å². The molecule has 3 rings (SSSR count). The van der Waals surface area contributed by atoms with Crippen LogP contribution in [0, 0.1) is 16.0 Å². The first kappa shape index (κ1) is 17.4. The SMILES string of the molecule is NC[C@@H]1CN(C(=O)c2cc(Cl)ccc2[N+](=O)[O-])C[C@H]1c1ccccc1. The van der Waals surface area contributed by atoms with Crippen molar-refractivity contribution in [2.24, 2.45) is 11.7 Å². The summed E-state index contributed by atoms with van der Waals surface area (Å²) < 4.78 is 0. The normalized spacial score (nSPS) is 19.8. The Hall–Kier alpha value is -2.44. The Labute approximate surface area is 150 Å². The van der Waals surface area contributed by atoms with Gasteiger partial charge < -0.3 is 10.6 Å². The van der Waals surface area contributed by atoms with E-state index < -0.39 is 4.92 Å². The van der Waals surface area contributed by atoms with Gasteiger partial charge in [0.25, 0.3) is 11.6 Å². The molecule has 0 bridgehead atoms. The first-order valence-corrected chi connectivity index (χ1v) is 8.37. The first-order valence-electron chi connectivity index (χ1n) is 7.99. The molecule has 2 atom stereocenters. The van der Waals surface area contributed by atoms with Gasteiger partial charge in [-0.15, -0.1) is 0 Å². The quantitative estimate of drug-likeness (QED) is 0.671. The zero-order valence-corrected chi connectivity index (χ0v) is 14.2.